The van der Waals surface area contributed by atoms with E-state index in [9.17, 15) is 9.90 Å². The Kier molecular flexibility index (Phi) is 4.77. The minimum absolute atomic E-state index is 0.248. The minimum Gasteiger partial charge on any atom is -0.550 e. The van der Waals surface area contributed by atoms with E-state index in [1.165, 1.54) is 14.2 Å². The zero-order valence-corrected chi connectivity index (χ0v) is 11.1. The van der Waals surface area contributed by atoms with Gasteiger partial charge in [0.2, 0.25) is 0 Å². The fourth-order valence-corrected chi connectivity index (χ4v) is 2.07. The van der Waals surface area contributed by atoms with Crippen LogP contribution in [0, 0.1) is 0 Å². The Morgan fingerprint density at radius 3 is 2.59 bits per heavy atom. The zero-order valence-electron chi connectivity index (χ0n) is 9.53. The van der Waals surface area contributed by atoms with E-state index in [0.717, 1.165) is 0 Å². The molecular formula is C11H13BrNO4-. The Bertz CT molecular complexity index is 422. The monoisotopic (exact) mass is 302 g/mol. The second-order valence-electron chi connectivity index (χ2n) is 3.42. The highest BCUT2D eigenvalue weighted by Gasteiger charge is 2.14. The molecule has 0 fully saturated rings. The Hall–Kier alpha value is -1.27. The first-order chi connectivity index (χ1) is 7.99. The highest BCUT2D eigenvalue weighted by Crippen LogP contribution is 2.37. The smallest absolute Gasteiger partial charge is 0.174 e. The molecule has 0 amide bonds. The zero-order chi connectivity index (χ0) is 13.0. The molecule has 0 saturated heterocycles. The van der Waals surface area contributed by atoms with E-state index in [4.69, 9.17) is 15.2 Å². The Balaban J connectivity index is 3.10. The number of nitrogens with two attached hydrogens (primary N) is 1. The van der Waals surface area contributed by atoms with Crippen LogP contribution in [0.1, 0.15) is 18.0 Å². The number of carboxylic acid groups (broad SMARTS) is 1. The Labute approximate surface area is 108 Å². The van der Waals surface area contributed by atoms with Gasteiger partial charge in [0, 0.05) is 18.4 Å². The third kappa shape index (κ3) is 3.34. The second-order valence-corrected chi connectivity index (χ2v) is 4.28. The van der Waals surface area contributed by atoms with Crippen LogP contribution in [0.3, 0.4) is 0 Å². The summed E-state index contributed by atoms with van der Waals surface area (Å²) < 4.78 is 10.9. The van der Waals surface area contributed by atoms with Crippen molar-refractivity contribution >= 4 is 21.9 Å². The summed E-state index contributed by atoms with van der Waals surface area (Å²) in [5.41, 5.74) is 6.38. The van der Waals surface area contributed by atoms with Crippen molar-refractivity contribution < 1.29 is 19.4 Å². The highest BCUT2D eigenvalue weighted by atomic mass is 79.9. The van der Waals surface area contributed by atoms with E-state index in [-0.39, 0.29) is 6.42 Å². The van der Waals surface area contributed by atoms with E-state index >= 15 is 0 Å². The van der Waals surface area contributed by atoms with Gasteiger partial charge in [0.1, 0.15) is 0 Å². The lowest BCUT2D eigenvalue weighted by molar-refractivity contribution is -0.306. The summed E-state index contributed by atoms with van der Waals surface area (Å²) in [6.07, 6.45) is -0.248. The van der Waals surface area contributed by atoms with Gasteiger partial charge in [-0.15, -0.1) is 0 Å². The molecule has 0 aliphatic rings. The number of aliphatic carboxylic acids is 1. The van der Waals surface area contributed by atoms with Crippen LogP contribution in [0.25, 0.3) is 0 Å². The van der Waals surface area contributed by atoms with E-state index in [2.05, 4.69) is 15.9 Å². The topological polar surface area (TPSA) is 84.6 Å². The molecule has 6 heteroatoms. The van der Waals surface area contributed by atoms with Crippen LogP contribution in [0.5, 0.6) is 11.5 Å². The van der Waals surface area contributed by atoms with Crippen molar-refractivity contribution in [3.05, 3.63) is 22.2 Å². The van der Waals surface area contributed by atoms with E-state index in [1.54, 1.807) is 12.1 Å². The molecule has 0 aliphatic carbocycles. The first-order valence-electron chi connectivity index (χ1n) is 4.86. The van der Waals surface area contributed by atoms with Gasteiger partial charge in [0.05, 0.1) is 18.7 Å². The number of ether oxygens (including phenoxy) is 2. The predicted octanol–water partition coefficient (Wildman–Crippen LogP) is 0.606. The van der Waals surface area contributed by atoms with Crippen LogP contribution in [-0.2, 0) is 4.79 Å². The summed E-state index contributed by atoms with van der Waals surface area (Å²) in [7, 11) is 3.02. The van der Waals surface area contributed by atoms with Gasteiger partial charge < -0.3 is 25.1 Å². The molecule has 1 atom stereocenters. The van der Waals surface area contributed by atoms with E-state index in [0.29, 0.717) is 21.5 Å². The van der Waals surface area contributed by atoms with Gasteiger partial charge in [-0.2, -0.15) is 0 Å². The van der Waals surface area contributed by atoms with Crippen molar-refractivity contribution in [1.82, 2.24) is 0 Å². The van der Waals surface area contributed by atoms with Crippen molar-refractivity contribution in [2.45, 2.75) is 12.5 Å². The molecular weight excluding hydrogens is 290 g/mol. The maximum atomic E-state index is 10.5. The first kappa shape index (κ1) is 13.8. The largest absolute Gasteiger partial charge is 0.550 e. The molecule has 94 valence electrons. The normalized spacial score (nSPS) is 12.0. The second kappa shape index (κ2) is 5.88. The number of benzene rings is 1. The van der Waals surface area contributed by atoms with Crippen molar-refractivity contribution in [2.24, 2.45) is 5.73 Å². The summed E-state index contributed by atoms with van der Waals surface area (Å²) in [5.74, 6) is -0.161. The molecule has 0 saturated carbocycles. The number of methoxy groups -OCH3 is 2. The number of carbonyl (C=O) groups is 1. The summed E-state index contributed by atoms with van der Waals surface area (Å²) in [6.45, 7) is 0. The summed E-state index contributed by atoms with van der Waals surface area (Å²) >= 11 is 3.31. The molecule has 1 aromatic rings. The Morgan fingerprint density at radius 1 is 1.47 bits per heavy atom. The van der Waals surface area contributed by atoms with Gasteiger partial charge in [-0.05, 0) is 33.6 Å². The SMILES string of the molecule is COc1cc(C(N)CC(=O)[O-])cc(Br)c1OC. The molecule has 0 spiro atoms. The van der Waals surface area contributed by atoms with Crippen LogP contribution >= 0.6 is 15.9 Å². The minimum atomic E-state index is -1.19. The molecule has 0 aromatic heterocycles. The number of halogens is 1. The van der Waals surface area contributed by atoms with Crippen LogP contribution in [0.15, 0.2) is 16.6 Å². The van der Waals surface area contributed by atoms with Gasteiger partial charge in [-0.25, -0.2) is 0 Å². The van der Waals surface area contributed by atoms with Crippen molar-refractivity contribution in [1.29, 1.82) is 0 Å². The summed E-state index contributed by atoms with van der Waals surface area (Å²) in [4.78, 5) is 10.5. The molecule has 17 heavy (non-hydrogen) atoms. The van der Waals surface area contributed by atoms with Crippen LogP contribution in [-0.4, -0.2) is 20.2 Å². The quantitative estimate of drug-likeness (QED) is 0.861. The molecule has 2 N–H and O–H groups in total. The molecule has 1 aromatic carbocycles. The number of hydrogen-bond acceptors (Lipinski definition) is 5. The van der Waals surface area contributed by atoms with Crippen LogP contribution in [0.2, 0.25) is 0 Å². The maximum absolute atomic E-state index is 10.5. The number of hydrogen-bond donors (Lipinski definition) is 1. The summed E-state index contributed by atoms with van der Waals surface area (Å²) in [6, 6.07) is 2.71. The Morgan fingerprint density at radius 2 is 2.12 bits per heavy atom. The molecule has 0 bridgehead atoms. The van der Waals surface area contributed by atoms with Gasteiger partial charge in [0.25, 0.3) is 0 Å². The first-order valence-corrected chi connectivity index (χ1v) is 5.65. The number of rotatable bonds is 5. The lowest BCUT2D eigenvalue weighted by atomic mass is 10.0. The summed E-state index contributed by atoms with van der Waals surface area (Å²) in [5, 5.41) is 10.5. The van der Waals surface area contributed by atoms with Crippen molar-refractivity contribution in [2.75, 3.05) is 14.2 Å². The molecule has 0 aliphatic heterocycles. The van der Waals surface area contributed by atoms with E-state index < -0.39 is 12.0 Å². The van der Waals surface area contributed by atoms with Gasteiger partial charge in [0.15, 0.2) is 11.5 Å². The van der Waals surface area contributed by atoms with Crippen LogP contribution in [0.4, 0.5) is 0 Å². The third-order valence-electron chi connectivity index (χ3n) is 2.27. The maximum Gasteiger partial charge on any atom is 0.174 e. The lowest BCUT2D eigenvalue weighted by Crippen LogP contribution is -2.27. The molecule has 0 radical (unpaired) electrons. The molecule has 1 rings (SSSR count). The van der Waals surface area contributed by atoms with Crippen molar-refractivity contribution in [3.8, 4) is 11.5 Å². The molecule has 5 nitrogen and oxygen atoms in total. The predicted molar refractivity (Wildman–Crippen MR) is 63.8 cm³/mol. The van der Waals surface area contributed by atoms with Gasteiger partial charge in [-0.1, -0.05) is 0 Å². The fourth-order valence-electron chi connectivity index (χ4n) is 1.45. The lowest BCUT2D eigenvalue weighted by Gasteiger charge is -2.16. The number of carboxylic acids is 1. The van der Waals surface area contributed by atoms with Gasteiger partial charge >= 0.3 is 0 Å². The highest BCUT2D eigenvalue weighted by molar-refractivity contribution is 9.10. The van der Waals surface area contributed by atoms with E-state index in [1.807, 2.05) is 0 Å². The van der Waals surface area contributed by atoms with Gasteiger partial charge in [-0.3, -0.25) is 0 Å². The fraction of sp³-hybridized carbons (Fsp3) is 0.364. The standard InChI is InChI=1S/C11H14BrNO4/c1-16-9-4-6(8(13)5-10(14)15)3-7(12)11(9)17-2/h3-4,8H,5,13H2,1-2H3,(H,14,15)/p-1. The average Bonchev–Trinajstić information content (AvgIpc) is 2.26. The van der Waals surface area contributed by atoms with Crippen molar-refractivity contribution in [3.63, 3.8) is 0 Å². The number of carbonyl (C=O) groups excluding carboxylic acids is 1. The third-order valence-corrected chi connectivity index (χ3v) is 2.86. The molecule has 1 unspecified atom stereocenters. The average molecular weight is 303 g/mol. The van der Waals surface area contributed by atoms with Crippen LogP contribution < -0.4 is 20.3 Å². The molecule has 0 heterocycles.